The molecule has 0 spiro atoms. The quantitative estimate of drug-likeness (QED) is 0.859. The number of benzene rings is 1. The van der Waals surface area contributed by atoms with E-state index in [0.29, 0.717) is 17.8 Å². The molecule has 0 atom stereocenters. The zero-order valence-corrected chi connectivity index (χ0v) is 12.4. The first-order valence-electron chi connectivity index (χ1n) is 6.54. The van der Waals surface area contributed by atoms with Gasteiger partial charge in [-0.05, 0) is 18.9 Å². The highest BCUT2D eigenvalue weighted by atomic mass is 32.1. The van der Waals surface area contributed by atoms with Crippen LogP contribution in [0.4, 0.5) is 0 Å². The largest absolute Gasteiger partial charge is 0.476 e. The molecule has 2 rings (SSSR count). The van der Waals surface area contributed by atoms with Gasteiger partial charge in [-0.25, -0.2) is 9.78 Å². The number of amides is 1. The minimum absolute atomic E-state index is 0.0175. The molecule has 1 heterocycles. The molecule has 0 aliphatic carbocycles. The Balaban J connectivity index is 1.76. The SMILES string of the molecule is Cc1ccc(CCC(=O)NCc2nc(C(=O)O)cs2)cc1. The second-order valence-electron chi connectivity index (χ2n) is 4.69. The van der Waals surface area contributed by atoms with Crippen molar-refractivity contribution in [1.29, 1.82) is 0 Å². The number of thiazole rings is 1. The molecule has 0 bridgehead atoms. The Morgan fingerprint density at radius 3 is 2.62 bits per heavy atom. The molecule has 1 aromatic carbocycles. The summed E-state index contributed by atoms with van der Waals surface area (Å²) in [7, 11) is 0. The van der Waals surface area contributed by atoms with Crippen molar-refractivity contribution in [2.75, 3.05) is 0 Å². The standard InChI is InChI=1S/C15H16N2O3S/c1-10-2-4-11(5-3-10)6-7-13(18)16-8-14-17-12(9-21-14)15(19)20/h2-5,9H,6-8H2,1H3,(H,16,18)(H,19,20). The molecule has 2 aromatic rings. The third-order valence-corrected chi connectivity index (χ3v) is 3.82. The number of carboxylic acids is 1. The highest BCUT2D eigenvalue weighted by molar-refractivity contribution is 7.09. The van der Waals surface area contributed by atoms with Crippen LogP contribution in [0.3, 0.4) is 0 Å². The smallest absolute Gasteiger partial charge is 0.355 e. The fourth-order valence-corrected chi connectivity index (χ4v) is 2.47. The molecule has 5 nitrogen and oxygen atoms in total. The number of hydrogen-bond donors (Lipinski definition) is 2. The molecule has 110 valence electrons. The van der Waals surface area contributed by atoms with Crippen molar-refractivity contribution in [1.82, 2.24) is 10.3 Å². The first kappa shape index (κ1) is 15.2. The van der Waals surface area contributed by atoms with Gasteiger partial charge >= 0.3 is 5.97 Å². The summed E-state index contributed by atoms with van der Waals surface area (Å²) >= 11 is 1.23. The normalized spacial score (nSPS) is 10.3. The van der Waals surface area contributed by atoms with Crippen LogP contribution < -0.4 is 5.32 Å². The lowest BCUT2D eigenvalue weighted by Crippen LogP contribution is -2.23. The van der Waals surface area contributed by atoms with Crippen LogP contribution in [0.15, 0.2) is 29.6 Å². The fourth-order valence-electron chi connectivity index (χ4n) is 1.77. The van der Waals surface area contributed by atoms with Gasteiger partial charge in [0, 0.05) is 11.8 Å². The summed E-state index contributed by atoms with van der Waals surface area (Å²) in [4.78, 5) is 26.4. The van der Waals surface area contributed by atoms with Gasteiger partial charge in [-0.2, -0.15) is 0 Å². The van der Waals surface area contributed by atoms with Crippen molar-refractivity contribution in [3.05, 3.63) is 51.5 Å². The third kappa shape index (κ3) is 4.68. The summed E-state index contributed by atoms with van der Waals surface area (Å²) in [6.45, 7) is 2.29. The Kier molecular flexibility index (Phi) is 5.05. The molecule has 0 fully saturated rings. The van der Waals surface area contributed by atoms with E-state index in [2.05, 4.69) is 10.3 Å². The van der Waals surface area contributed by atoms with E-state index in [1.807, 2.05) is 31.2 Å². The van der Waals surface area contributed by atoms with Crippen molar-refractivity contribution in [2.24, 2.45) is 0 Å². The average Bonchev–Trinajstić information content (AvgIpc) is 2.93. The molecule has 1 aromatic heterocycles. The Labute approximate surface area is 126 Å². The summed E-state index contributed by atoms with van der Waals surface area (Å²) in [5.74, 6) is -1.12. The Morgan fingerprint density at radius 1 is 1.29 bits per heavy atom. The van der Waals surface area contributed by atoms with Gasteiger partial charge in [-0.1, -0.05) is 29.8 Å². The van der Waals surface area contributed by atoms with E-state index in [1.165, 1.54) is 22.3 Å². The first-order chi connectivity index (χ1) is 10.0. The molecule has 1 amide bonds. The van der Waals surface area contributed by atoms with Crippen LogP contribution >= 0.6 is 11.3 Å². The Bertz CT molecular complexity index is 635. The van der Waals surface area contributed by atoms with Crippen molar-refractivity contribution in [3.8, 4) is 0 Å². The monoisotopic (exact) mass is 304 g/mol. The minimum Gasteiger partial charge on any atom is -0.476 e. The molecule has 21 heavy (non-hydrogen) atoms. The van der Waals surface area contributed by atoms with Gasteiger partial charge in [0.05, 0.1) is 6.54 Å². The lowest BCUT2D eigenvalue weighted by molar-refractivity contribution is -0.121. The van der Waals surface area contributed by atoms with E-state index in [4.69, 9.17) is 5.11 Å². The molecule has 0 saturated heterocycles. The molecule has 0 radical (unpaired) electrons. The molecule has 2 N–H and O–H groups in total. The predicted molar refractivity (Wildman–Crippen MR) is 80.4 cm³/mol. The number of aromatic nitrogens is 1. The third-order valence-electron chi connectivity index (χ3n) is 2.97. The molecule has 0 unspecified atom stereocenters. The van der Waals surface area contributed by atoms with Crippen LogP contribution in [0, 0.1) is 6.92 Å². The summed E-state index contributed by atoms with van der Waals surface area (Å²) in [6, 6.07) is 8.08. The topological polar surface area (TPSA) is 79.3 Å². The number of nitrogens with zero attached hydrogens (tertiary/aromatic N) is 1. The molecule has 0 aliphatic rings. The second kappa shape index (κ2) is 6.99. The van der Waals surface area contributed by atoms with Crippen LogP contribution in [0.1, 0.15) is 33.0 Å². The lowest BCUT2D eigenvalue weighted by atomic mass is 10.1. The highest BCUT2D eigenvalue weighted by Gasteiger charge is 2.09. The van der Waals surface area contributed by atoms with Gasteiger partial charge < -0.3 is 10.4 Å². The zero-order chi connectivity index (χ0) is 15.2. The maximum Gasteiger partial charge on any atom is 0.355 e. The van der Waals surface area contributed by atoms with Gasteiger partial charge in [0.1, 0.15) is 5.01 Å². The molecule has 6 heteroatoms. The van der Waals surface area contributed by atoms with Crippen molar-refractivity contribution < 1.29 is 14.7 Å². The summed E-state index contributed by atoms with van der Waals surface area (Å²) in [5, 5.41) is 13.6. The zero-order valence-electron chi connectivity index (χ0n) is 11.6. The van der Waals surface area contributed by atoms with Gasteiger partial charge in [0.2, 0.25) is 5.91 Å². The molecular formula is C15H16N2O3S. The molecule has 0 saturated carbocycles. The Morgan fingerprint density at radius 2 is 2.00 bits per heavy atom. The summed E-state index contributed by atoms with van der Waals surface area (Å²) in [6.07, 6.45) is 1.09. The number of nitrogens with one attached hydrogen (secondary N) is 1. The van der Waals surface area contributed by atoms with Crippen LogP contribution in [0.5, 0.6) is 0 Å². The number of rotatable bonds is 6. The van der Waals surface area contributed by atoms with E-state index < -0.39 is 5.97 Å². The number of aryl methyl sites for hydroxylation is 2. The maximum absolute atomic E-state index is 11.7. The Hall–Kier alpha value is -2.21. The van der Waals surface area contributed by atoms with E-state index in [9.17, 15) is 9.59 Å². The first-order valence-corrected chi connectivity index (χ1v) is 7.42. The van der Waals surface area contributed by atoms with Crippen LogP contribution in [-0.2, 0) is 17.8 Å². The summed E-state index contributed by atoms with van der Waals surface area (Å²) in [5.41, 5.74) is 2.34. The van der Waals surface area contributed by atoms with Gasteiger partial charge in [-0.3, -0.25) is 4.79 Å². The fraction of sp³-hybridized carbons (Fsp3) is 0.267. The summed E-state index contributed by atoms with van der Waals surface area (Å²) < 4.78 is 0. The van der Waals surface area contributed by atoms with Crippen molar-refractivity contribution >= 4 is 23.2 Å². The van der Waals surface area contributed by atoms with E-state index >= 15 is 0 Å². The number of carbonyl (C=O) groups is 2. The van der Waals surface area contributed by atoms with Gasteiger partial charge in [0.25, 0.3) is 0 Å². The van der Waals surface area contributed by atoms with Crippen LogP contribution in [0.2, 0.25) is 0 Å². The van der Waals surface area contributed by atoms with E-state index in [-0.39, 0.29) is 18.1 Å². The van der Waals surface area contributed by atoms with Crippen LogP contribution in [0.25, 0.3) is 0 Å². The van der Waals surface area contributed by atoms with Gasteiger partial charge in [-0.15, -0.1) is 11.3 Å². The van der Waals surface area contributed by atoms with Crippen molar-refractivity contribution in [3.63, 3.8) is 0 Å². The van der Waals surface area contributed by atoms with E-state index in [0.717, 1.165) is 5.56 Å². The van der Waals surface area contributed by atoms with Crippen LogP contribution in [-0.4, -0.2) is 22.0 Å². The van der Waals surface area contributed by atoms with Gasteiger partial charge in [0.15, 0.2) is 5.69 Å². The van der Waals surface area contributed by atoms with Crippen molar-refractivity contribution in [2.45, 2.75) is 26.3 Å². The number of hydrogen-bond acceptors (Lipinski definition) is 4. The maximum atomic E-state index is 11.7. The van der Waals surface area contributed by atoms with E-state index in [1.54, 1.807) is 0 Å². The number of carboxylic acid groups (broad SMARTS) is 1. The highest BCUT2D eigenvalue weighted by Crippen LogP contribution is 2.10. The number of aromatic carboxylic acids is 1. The average molecular weight is 304 g/mol. The molecule has 0 aliphatic heterocycles. The number of carbonyl (C=O) groups excluding carboxylic acids is 1. The molecular weight excluding hydrogens is 288 g/mol. The second-order valence-corrected chi connectivity index (χ2v) is 5.64. The minimum atomic E-state index is -1.05. The lowest BCUT2D eigenvalue weighted by Gasteiger charge is -2.04. The predicted octanol–water partition coefficient (Wildman–Crippen LogP) is 2.40.